The van der Waals surface area contributed by atoms with Crippen LogP contribution in [0, 0.1) is 6.92 Å². The van der Waals surface area contributed by atoms with Crippen molar-refractivity contribution >= 4 is 0 Å². The third kappa shape index (κ3) is 2.83. The van der Waals surface area contributed by atoms with Crippen molar-refractivity contribution < 1.29 is 9.26 Å². The van der Waals surface area contributed by atoms with Crippen LogP contribution in [-0.2, 0) is 11.2 Å². The van der Waals surface area contributed by atoms with E-state index in [0.29, 0.717) is 18.9 Å². The number of nitrogens with zero attached hydrogens (tertiary/aromatic N) is 2. The van der Waals surface area contributed by atoms with Gasteiger partial charge in [-0.2, -0.15) is 4.98 Å². The van der Waals surface area contributed by atoms with Crippen molar-refractivity contribution in [2.24, 2.45) is 0 Å². The van der Waals surface area contributed by atoms with E-state index < -0.39 is 0 Å². The lowest BCUT2D eigenvalue weighted by Crippen LogP contribution is -2.34. The highest BCUT2D eigenvalue weighted by atomic mass is 16.5. The number of aryl methyl sites for hydroxylation is 1. The summed E-state index contributed by atoms with van der Waals surface area (Å²) in [6.07, 6.45) is 0.698. The summed E-state index contributed by atoms with van der Waals surface area (Å²) in [5, 5.41) is 7.35. The molecular weight excluding hydrogens is 242 g/mol. The molecule has 0 bridgehead atoms. The summed E-state index contributed by atoms with van der Waals surface area (Å²) in [7, 11) is 0. The quantitative estimate of drug-likeness (QED) is 0.907. The molecule has 1 saturated heterocycles. The molecule has 1 N–H and O–H groups in total. The number of hydrogen-bond donors (Lipinski definition) is 1. The molecule has 100 valence electrons. The monoisotopic (exact) mass is 259 g/mol. The van der Waals surface area contributed by atoms with Gasteiger partial charge in [0.05, 0.1) is 13.2 Å². The van der Waals surface area contributed by atoms with Gasteiger partial charge in [-0.3, -0.25) is 0 Å². The van der Waals surface area contributed by atoms with Crippen LogP contribution in [-0.4, -0.2) is 29.9 Å². The largest absolute Gasteiger partial charge is 0.378 e. The van der Waals surface area contributed by atoms with Crippen LogP contribution in [0.15, 0.2) is 28.8 Å². The molecule has 0 spiro atoms. The van der Waals surface area contributed by atoms with Gasteiger partial charge in [0.1, 0.15) is 6.04 Å². The normalized spacial score (nSPS) is 19.5. The van der Waals surface area contributed by atoms with Gasteiger partial charge in [0, 0.05) is 13.0 Å². The molecule has 2 heterocycles. The average Bonchev–Trinajstić information content (AvgIpc) is 2.91. The number of hydrogen-bond acceptors (Lipinski definition) is 5. The predicted octanol–water partition coefficient (Wildman–Crippen LogP) is 1.63. The third-order valence-electron chi connectivity index (χ3n) is 3.31. The summed E-state index contributed by atoms with van der Waals surface area (Å²) >= 11 is 0. The highest BCUT2D eigenvalue weighted by Gasteiger charge is 2.21. The van der Waals surface area contributed by atoms with Gasteiger partial charge < -0.3 is 14.6 Å². The molecule has 0 radical (unpaired) electrons. The van der Waals surface area contributed by atoms with Gasteiger partial charge in [-0.25, -0.2) is 0 Å². The molecule has 0 amide bonds. The van der Waals surface area contributed by atoms with Crippen LogP contribution < -0.4 is 5.32 Å². The average molecular weight is 259 g/mol. The van der Waals surface area contributed by atoms with Gasteiger partial charge in [0.15, 0.2) is 5.82 Å². The van der Waals surface area contributed by atoms with Gasteiger partial charge in [0.2, 0.25) is 5.89 Å². The Hall–Kier alpha value is -1.72. The maximum atomic E-state index is 5.39. The highest BCUT2D eigenvalue weighted by Crippen LogP contribution is 2.16. The molecular formula is C14H17N3O2. The fourth-order valence-corrected chi connectivity index (χ4v) is 2.18. The van der Waals surface area contributed by atoms with Crippen LogP contribution in [0.4, 0.5) is 0 Å². The molecule has 1 aromatic heterocycles. The molecule has 5 nitrogen and oxygen atoms in total. The van der Waals surface area contributed by atoms with E-state index >= 15 is 0 Å². The molecule has 1 aliphatic rings. The lowest BCUT2D eigenvalue weighted by molar-refractivity contribution is 0.0659. The minimum atomic E-state index is 0.0203. The van der Waals surface area contributed by atoms with Gasteiger partial charge in [-0.1, -0.05) is 29.4 Å². The Balaban J connectivity index is 1.73. The Labute approximate surface area is 112 Å². The maximum absolute atomic E-state index is 5.39. The van der Waals surface area contributed by atoms with Crippen molar-refractivity contribution in [3.8, 4) is 0 Å². The van der Waals surface area contributed by atoms with Crippen molar-refractivity contribution in [3.05, 3.63) is 47.1 Å². The Morgan fingerprint density at radius 3 is 3.05 bits per heavy atom. The van der Waals surface area contributed by atoms with E-state index in [1.165, 1.54) is 11.1 Å². The zero-order chi connectivity index (χ0) is 13.1. The molecule has 0 saturated carbocycles. The predicted molar refractivity (Wildman–Crippen MR) is 69.8 cm³/mol. The first-order valence-electron chi connectivity index (χ1n) is 6.51. The summed E-state index contributed by atoms with van der Waals surface area (Å²) in [5.74, 6) is 1.33. The summed E-state index contributed by atoms with van der Waals surface area (Å²) in [6, 6.07) is 8.26. The molecule has 1 atom stereocenters. The van der Waals surface area contributed by atoms with Crippen LogP contribution >= 0.6 is 0 Å². The van der Waals surface area contributed by atoms with Gasteiger partial charge in [-0.05, 0) is 18.1 Å². The topological polar surface area (TPSA) is 60.2 Å². The van der Waals surface area contributed by atoms with Crippen LogP contribution in [0.1, 0.15) is 28.9 Å². The van der Waals surface area contributed by atoms with E-state index in [1.807, 2.05) is 12.1 Å². The van der Waals surface area contributed by atoms with Crippen LogP contribution in [0.5, 0.6) is 0 Å². The van der Waals surface area contributed by atoms with E-state index in [-0.39, 0.29) is 6.04 Å². The molecule has 1 aliphatic heterocycles. The number of morpholine rings is 1. The molecule has 1 fully saturated rings. The van der Waals surface area contributed by atoms with Crippen LogP contribution in [0.25, 0.3) is 0 Å². The molecule has 3 rings (SSSR count). The first kappa shape index (κ1) is 12.3. The van der Waals surface area contributed by atoms with Gasteiger partial charge in [0.25, 0.3) is 0 Å². The highest BCUT2D eigenvalue weighted by molar-refractivity contribution is 5.28. The molecule has 1 aromatic carbocycles. The Morgan fingerprint density at radius 1 is 1.37 bits per heavy atom. The fraction of sp³-hybridized carbons (Fsp3) is 0.429. The van der Waals surface area contributed by atoms with Crippen molar-refractivity contribution in [3.63, 3.8) is 0 Å². The molecule has 1 unspecified atom stereocenters. The maximum Gasteiger partial charge on any atom is 0.246 e. The van der Waals surface area contributed by atoms with E-state index in [0.717, 1.165) is 19.0 Å². The number of nitrogens with one attached hydrogen (secondary N) is 1. The number of ether oxygens (including phenoxy) is 1. The van der Waals surface area contributed by atoms with Crippen molar-refractivity contribution in [1.82, 2.24) is 15.5 Å². The second kappa shape index (κ2) is 5.50. The number of rotatable bonds is 3. The first-order chi connectivity index (χ1) is 9.33. The Bertz CT molecular complexity index is 547. The second-order valence-electron chi connectivity index (χ2n) is 4.73. The first-order valence-corrected chi connectivity index (χ1v) is 6.51. The molecule has 5 heteroatoms. The van der Waals surface area contributed by atoms with Crippen molar-refractivity contribution in [1.29, 1.82) is 0 Å². The van der Waals surface area contributed by atoms with Gasteiger partial charge in [-0.15, -0.1) is 0 Å². The number of aromatic nitrogens is 2. The minimum Gasteiger partial charge on any atom is -0.378 e. The lowest BCUT2D eigenvalue weighted by atomic mass is 10.1. The number of benzene rings is 1. The summed E-state index contributed by atoms with van der Waals surface area (Å²) < 4.78 is 10.7. The summed E-state index contributed by atoms with van der Waals surface area (Å²) in [4.78, 5) is 4.45. The molecule has 0 aliphatic carbocycles. The van der Waals surface area contributed by atoms with E-state index in [4.69, 9.17) is 9.26 Å². The minimum absolute atomic E-state index is 0.0203. The Morgan fingerprint density at radius 2 is 2.26 bits per heavy atom. The molecule has 2 aromatic rings. The lowest BCUT2D eigenvalue weighted by Gasteiger charge is -2.20. The molecule has 19 heavy (non-hydrogen) atoms. The van der Waals surface area contributed by atoms with Crippen molar-refractivity contribution in [2.75, 3.05) is 19.8 Å². The fourth-order valence-electron chi connectivity index (χ4n) is 2.18. The van der Waals surface area contributed by atoms with E-state index in [1.54, 1.807) is 0 Å². The third-order valence-corrected chi connectivity index (χ3v) is 3.31. The van der Waals surface area contributed by atoms with Crippen molar-refractivity contribution in [2.45, 2.75) is 19.4 Å². The zero-order valence-corrected chi connectivity index (χ0v) is 10.9. The standard InChI is InChI=1S/C14H17N3O2/c1-10-4-2-3-5-11(10)8-13-16-14(19-17-13)12-9-18-7-6-15-12/h2-5,12,15H,6-9H2,1H3. The summed E-state index contributed by atoms with van der Waals surface area (Å²) in [5.41, 5.74) is 2.47. The van der Waals surface area contributed by atoms with Crippen LogP contribution in [0.3, 0.4) is 0 Å². The van der Waals surface area contributed by atoms with Gasteiger partial charge >= 0.3 is 0 Å². The summed E-state index contributed by atoms with van der Waals surface area (Å²) in [6.45, 7) is 4.24. The van der Waals surface area contributed by atoms with E-state index in [9.17, 15) is 0 Å². The van der Waals surface area contributed by atoms with E-state index in [2.05, 4.69) is 34.5 Å². The second-order valence-corrected chi connectivity index (χ2v) is 4.73. The van der Waals surface area contributed by atoms with Crippen LogP contribution in [0.2, 0.25) is 0 Å². The smallest absolute Gasteiger partial charge is 0.246 e. The SMILES string of the molecule is Cc1ccccc1Cc1noc(C2COCCN2)n1. The Kier molecular flexibility index (Phi) is 3.57. The zero-order valence-electron chi connectivity index (χ0n) is 10.9.